The quantitative estimate of drug-likeness (QED) is 0.558. The lowest BCUT2D eigenvalue weighted by atomic mass is 9.90. The Kier molecular flexibility index (Phi) is 6.01. The van der Waals surface area contributed by atoms with Crippen LogP contribution < -0.4 is 15.4 Å². The first kappa shape index (κ1) is 22.1. The Balaban J connectivity index is 1.80. The van der Waals surface area contributed by atoms with Crippen molar-refractivity contribution in [2.75, 3.05) is 23.3 Å². The molecule has 0 saturated heterocycles. The molecule has 1 aliphatic carbocycles. The summed E-state index contributed by atoms with van der Waals surface area (Å²) in [4.78, 5) is 7.75. The summed E-state index contributed by atoms with van der Waals surface area (Å²) in [6.07, 6.45) is 2.03. The smallest absolute Gasteiger partial charge is 0.249 e. The van der Waals surface area contributed by atoms with Gasteiger partial charge in [0.25, 0.3) is 0 Å². The van der Waals surface area contributed by atoms with Gasteiger partial charge in [-0.25, -0.2) is 13.8 Å². The highest BCUT2D eigenvalue weighted by molar-refractivity contribution is 7.97. The number of pyridine rings is 1. The summed E-state index contributed by atoms with van der Waals surface area (Å²) in [6.45, 7) is 9.40. The number of aryl methyl sites for hydroxylation is 1. The van der Waals surface area contributed by atoms with Crippen LogP contribution in [0.15, 0.2) is 41.8 Å². The van der Waals surface area contributed by atoms with E-state index in [1.807, 2.05) is 29.2 Å². The number of benzene rings is 1. The van der Waals surface area contributed by atoms with Gasteiger partial charge in [-0.1, -0.05) is 26.5 Å². The molecule has 0 amide bonds. The van der Waals surface area contributed by atoms with Gasteiger partial charge in [0.05, 0.1) is 5.69 Å². The fourth-order valence-corrected chi connectivity index (χ4v) is 4.84. The summed E-state index contributed by atoms with van der Waals surface area (Å²) in [5.74, 6) is -1.99. The molecule has 0 fully saturated rings. The second-order valence-corrected chi connectivity index (χ2v) is 9.83. The molecule has 0 unspecified atom stereocenters. The molecule has 2 aromatic rings. The first-order valence-corrected chi connectivity index (χ1v) is 11.7. The SMILES string of the molecule is C=C1c2cc3c(nc2NCCCC(F)(F)CCN1c1cccc(SN)c1)C(C)(C)CC3. The van der Waals surface area contributed by atoms with Crippen molar-refractivity contribution in [3.05, 3.63) is 53.7 Å². The number of hydrogen-bond donors (Lipinski definition) is 2. The molecule has 2 heterocycles. The van der Waals surface area contributed by atoms with Gasteiger partial charge in [-0.05, 0) is 61.0 Å². The molecule has 0 saturated carbocycles. The van der Waals surface area contributed by atoms with E-state index >= 15 is 0 Å². The number of rotatable bonds is 2. The number of anilines is 2. The molecule has 4 rings (SSSR count). The fraction of sp³-hybridized carbons (Fsp3) is 0.458. The van der Waals surface area contributed by atoms with Crippen LogP contribution in [-0.2, 0) is 11.8 Å². The van der Waals surface area contributed by atoms with Crippen LogP contribution in [0, 0.1) is 0 Å². The van der Waals surface area contributed by atoms with Crippen molar-refractivity contribution in [1.82, 2.24) is 4.98 Å². The van der Waals surface area contributed by atoms with E-state index in [0.717, 1.165) is 52.4 Å². The van der Waals surface area contributed by atoms with Gasteiger partial charge in [0.2, 0.25) is 5.92 Å². The summed E-state index contributed by atoms with van der Waals surface area (Å²) < 4.78 is 29.1. The summed E-state index contributed by atoms with van der Waals surface area (Å²) in [5.41, 5.74) is 4.70. The van der Waals surface area contributed by atoms with Crippen LogP contribution in [-0.4, -0.2) is 24.0 Å². The predicted molar refractivity (Wildman–Crippen MR) is 126 cm³/mol. The number of halogens is 2. The van der Waals surface area contributed by atoms with Crippen LogP contribution in [0.1, 0.15) is 56.4 Å². The minimum Gasteiger partial charge on any atom is -0.370 e. The molecule has 3 N–H and O–H groups in total. The Labute approximate surface area is 187 Å². The van der Waals surface area contributed by atoms with Gasteiger partial charge < -0.3 is 10.2 Å². The molecule has 1 aliphatic heterocycles. The fourth-order valence-electron chi connectivity index (χ4n) is 4.50. The van der Waals surface area contributed by atoms with Crippen molar-refractivity contribution in [2.24, 2.45) is 5.14 Å². The summed E-state index contributed by atoms with van der Waals surface area (Å²) in [5, 5.41) is 9.08. The highest BCUT2D eigenvalue weighted by atomic mass is 32.2. The molecule has 31 heavy (non-hydrogen) atoms. The number of nitrogens with two attached hydrogens (primary N) is 1. The maximum absolute atomic E-state index is 14.6. The lowest BCUT2D eigenvalue weighted by Crippen LogP contribution is -2.28. The van der Waals surface area contributed by atoms with E-state index in [4.69, 9.17) is 10.1 Å². The first-order chi connectivity index (χ1) is 14.7. The average molecular weight is 445 g/mol. The van der Waals surface area contributed by atoms with Crippen LogP contribution in [0.4, 0.5) is 20.3 Å². The molecule has 166 valence electrons. The van der Waals surface area contributed by atoms with E-state index in [-0.39, 0.29) is 24.8 Å². The Hall–Kier alpha value is -2.12. The maximum atomic E-state index is 14.6. The molecule has 1 aromatic heterocycles. The van der Waals surface area contributed by atoms with Crippen LogP contribution in [0.25, 0.3) is 5.70 Å². The zero-order chi connectivity index (χ0) is 22.2. The number of alkyl halides is 2. The third kappa shape index (κ3) is 4.58. The molecule has 0 bridgehead atoms. The third-order valence-corrected chi connectivity index (χ3v) is 6.90. The Morgan fingerprint density at radius 1 is 1.19 bits per heavy atom. The molecule has 0 radical (unpaired) electrons. The number of fused-ring (bicyclic) bond motifs is 2. The van der Waals surface area contributed by atoms with E-state index in [1.165, 1.54) is 5.56 Å². The van der Waals surface area contributed by atoms with Crippen molar-refractivity contribution in [3.63, 3.8) is 0 Å². The van der Waals surface area contributed by atoms with E-state index in [0.29, 0.717) is 18.7 Å². The zero-order valence-corrected chi connectivity index (χ0v) is 19.0. The molecule has 0 atom stereocenters. The Morgan fingerprint density at radius 2 is 2.00 bits per heavy atom. The monoisotopic (exact) mass is 444 g/mol. The van der Waals surface area contributed by atoms with Gasteiger partial charge in [-0.2, -0.15) is 0 Å². The van der Waals surface area contributed by atoms with E-state index < -0.39 is 5.92 Å². The van der Waals surface area contributed by atoms with Crippen molar-refractivity contribution in [1.29, 1.82) is 0 Å². The molecule has 0 spiro atoms. The summed E-state index contributed by atoms with van der Waals surface area (Å²) >= 11 is 1.14. The van der Waals surface area contributed by atoms with E-state index in [9.17, 15) is 8.78 Å². The molecular weight excluding hydrogens is 414 g/mol. The van der Waals surface area contributed by atoms with E-state index in [2.05, 4.69) is 31.8 Å². The van der Waals surface area contributed by atoms with Crippen molar-refractivity contribution in [3.8, 4) is 0 Å². The minimum absolute atomic E-state index is 0.0129. The second-order valence-electron chi connectivity index (χ2n) is 9.13. The number of aromatic nitrogens is 1. The molecule has 1 aromatic carbocycles. The minimum atomic E-state index is -2.73. The normalized spacial score (nSPS) is 20.4. The first-order valence-electron chi connectivity index (χ1n) is 10.8. The molecule has 4 nitrogen and oxygen atoms in total. The van der Waals surface area contributed by atoms with Crippen LogP contribution in [0.3, 0.4) is 0 Å². The lowest BCUT2D eigenvalue weighted by Gasteiger charge is -2.30. The van der Waals surface area contributed by atoms with Crippen LogP contribution in [0.5, 0.6) is 0 Å². The summed E-state index contributed by atoms with van der Waals surface area (Å²) in [6, 6.07) is 9.80. The standard InChI is InChI=1S/C24H30F2N4S/c1-16-20-14-17-8-10-23(2,3)21(17)29-22(20)28-12-5-9-24(25,26)11-13-30(16)18-6-4-7-19(15-18)31-27/h4,6-7,14-15H,1,5,8-13,27H2,2-3H3,(H,28,29). The third-order valence-electron chi connectivity index (χ3n) is 6.38. The van der Waals surface area contributed by atoms with Crippen molar-refractivity contribution >= 4 is 29.2 Å². The largest absolute Gasteiger partial charge is 0.370 e. The highest BCUT2D eigenvalue weighted by Gasteiger charge is 2.34. The van der Waals surface area contributed by atoms with Gasteiger partial charge in [-0.3, -0.25) is 5.14 Å². The predicted octanol–water partition coefficient (Wildman–Crippen LogP) is 5.98. The highest BCUT2D eigenvalue weighted by Crippen LogP contribution is 2.41. The van der Waals surface area contributed by atoms with Crippen molar-refractivity contribution in [2.45, 2.75) is 62.2 Å². The zero-order valence-electron chi connectivity index (χ0n) is 18.2. The lowest BCUT2D eigenvalue weighted by molar-refractivity contribution is -0.0144. The molecule has 7 heteroatoms. The molecule has 2 aliphatic rings. The second kappa shape index (κ2) is 8.43. The van der Waals surface area contributed by atoms with Crippen molar-refractivity contribution < 1.29 is 8.78 Å². The number of nitrogens with zero attached hydrogens (tertiary/aromatic N) is 2. The maximum Gasteiger partial charge on any atom is 0.249 e. The van der Waals surface area contributed by atoms with Gasteiger partial charge in [0.15, 0.2) is 0 Å². The number of hydrogen-bond acceptors (Lipinski definition) is 5. The van der Waals surface area contributed by atoms with E-state index in [1.54, 1.807) is 0 Å². The molecular formula is C24H30F2N4S. The van der Waals surface area contributed by atoms with Crippen LogP contribution >= 0.6 is 11.9 Å². The van der Waals surface area contributed by atoms with Gasteiger partial charge >= 0.3 is 0 Å². The average Bonchev–Trinajstić information content (AvgIpc) is 3.03. The van der Waals surface area contributed by atoms with Gasteiger partial charge in [0, 0.05) is 53.2 Å². The topological polar surface area (TPSA) is 54.2 Å². The van der Waals surface area contributed by atoms with Crippen LogP contribution in [0.2, 0.25) is 0 Å². The Morgan fingerprint density at radius 3 is 2.77 bits per heavy atom. The van der Waals surface area contributed by atoms with Gasteiger partial charge in [-0.15, -0.1) is 0 Å². The number of nitrogens with one attached hydrogen (secondary N) is 1. The van der Waals surface area contributed by atoms with Gasteiger partial charge in [0.1, 0.15) is 5.82 Å². The summed E-state index contributed by atoms with van der Waals surface area (Å²) in [7, 11) is 0. The Bertz CT molecular complexity index is 990.